The predicted molar refractivity (Wildman–Crippen MR) is 90.7 cm³/mol. The quantitative estimate of drug-likeness (QED) is 0.848. The van der Waals surface area contributed by atoms with E-state index in [-0.39, 0.29) is 29.4 Å². The van der Waals surface area contributed by atoms with Crippen LogP contribution in [-0.2, 0) is 4.74 Å². The summed E-state index contributed by atoms with van der Waals surface area (Å²) in [6.07, 6.45) is 0. The fourth-order valence-corrected chi connectivity index (χ4v) is 4.05. The molecular formula is C18H15FN2O3S. The summed E-state index contributed by atoms with van der Waals surface area (Å²) in [5, 5.41) is 9.50. The Morgan fingerprint density at radius 3 is 2.84 bits per heavy atom. The minimum absolute atomic E-state index is 0.120. The van der Waals surface area contributed by atoms with Crippen molar-refractivity contribution in [3.05, 3.63) is 62.4 Å². The Morgan fingerprint density at radius 2 is 2.20 bits per heavy atom. The Labute approximate surface area is 148 Å². The van der Waals surface area contributed by atoms with Crippen LogP contribution in [0.5, 0.6) is 5.75 Å². The highest BCUT2D eigenvalue weighted by Crippen LogP contribution is 2.49. The van der Waals surface area contributed by atoms with Gasteiger partial charge in [0, 0.05) is 10.4 Å². The fourth-order valence-electron chi connectivity index (χ4n) is 2.84. The fraction of sp³-hybridized carbons (Fsp3) is 0.222. The molecule has 2 N–H and O–H groups in total. The molecule has 1 atom stereocenters. The van der Waals surface area contributed by atoms with E-state index in [2.05, 4.69) is 0 Å². The van der Waals surface area contributed by atoms with E-state index in [1.54, 1.807) is 32.0 Å². The zero-order chi connectivity index (χ0) is 18.1. The smallest absolute Gasteiger partial charge is 0.343 e. The van der Waals surface area contributed by atoms with Crippen LogP contribution in [0, 0.1) is 24.1 Å². The Bertz CT molecular complexity index is 927. The number of esters is 1. The highest BCUT2D eigenvalue weighted by molar-refractivity contribution is 7.12. The van der Waals surface area contributed by atoms with Crippen molar-refractivity contribution in [1.29, 1.82) is 5.26 Å². The lowest BCUT2D eigenvalue weighted by Crippen LogP contribution is -2.21. The van der Waals surface area contributed by atoms with Crippen LogP contribution < -0.4 is 10.5 Å². The highest BCUT2D eigenvalue weighted by Gasteiger charge is 2.38. The lowest BCUT2D eigenvalue weighted by molar-refractivity contribution is 0.0522. The minimum atomic E-state index is -0.721. The number of hydrogen-bond donors (Lipinski definition) is 1. The van der Waals surface area contributed by atoms with Crippen LogP contribution in [0.2, 0.25) is 0 Å². The molecule has 0 saturated carbocycles. The number of carbonyl (C=O) groups excluding carboxylic acids is 1. The van der Waals surface area contributed by atoms with Crippen molar-refractivity contribution in [2.45, 2.75) is 19.8 Å². The number of rotatable bonds is 3. The number of hydrogen-bond acceptors (Lipinski definition) is 6. The summed E-state index contributed by atoms with van der Waals surface area (Å²) in [4.78, 5) is 13.5. The molecule has 0 radical (unpaired) electrons. The van der Waals surface area contributed by atoms with Gasteiger partial charge in [0.25, 0.3) is 0 Å². The van der Waals surface area contributed by atoms with Gasteiger partial charge in [-0.25, -0.2) is 9.18 Å². The van der Waals surface area contributed by atoms with E-state index < -0.39 is 17.7 Å². The lowest BCUT2D eigenvalue weighted by atomic mass is 9.88. The summed E-state index contributed by atoms with van der Waals surface area (Å²) in [5.74, 6) is -1.60. The number of nitrogens with two attached hydrogens (primary N) is 1. The number of fused-ring (bicyclic) bond motifs is 1. The number of nitrogens with zero attached hydrogens (tertiary/aromatic N) is 1. The van der Waals surface area contributed by atoms with E-state index >= 15 is 0 Å². The highest BCUT2D eigenvalue weighted by atomic mass is 32.1. The van der Waals surface area contributed by atoms with Crippen LogP contribution >= 0.6 is 11.3 Å². The third kappa shape index (κ3) is 2.75. The number of aryl methyl sites for hydroxylation is 1. The molecule has 1 aromatic heterocycles. The summed E-state index contributed by atoms with van der Waals surface area (Å²) < 4.78 is 25.0. The molecule has 25 heavy (non-hydrogen) atoms. The van der Waals surface area contributed by atoms with E-state index in [9.17, 15) is 14.4 Å². The van der Waals surface area contributed by atoms with E-state index in [1.165, 1.54) is 17.4 Å². The van der Waals surface area contributed by atoms with Gasteiger partial charge in [-0.15, -0.1) is 11.3 Å². The van der Waals surface area contributed by atoms with Gasteiger partial charge in [-0.1, -0.05) is 18.2 Å². The number of ether oxygens (including phenoxy) is 2. The van der Waals surface area contributed by atoms with Crippen molar-refractivity contribution in [3.8, 4) is 11.8 Å². The Morgan fingerprint density at radius 1 is 1.48 bits per heavy atom. The van der Waals surface area contributed by atoms with Crippen molar-refractivity contribution in [2.75, 3.05) is 6.61 Å². The van der Waals surface area contributed by atoms with Crippen molar-refractivity contribution < 1.29 is 18.7 Å². The average molecular weight is 358 g/mol. The number of allylic oxidation sites excluding steroid dienone is 1. The summed E-state index contributed by atoms with van der Waals surface area (Å²) in [5.41, 5.74) is 6.59. The number of carbonyl (C=O) groups is 1. The normalized spacial score (nSPS) is 16.0. The van der Waals surface area contributed by atoms with Crippen molar-refractivity contribution in [1.82, 2.24) is 0 Å². The summed E-state index contributed by atoms with van der Waals surface area (Å²) in [7, 11) is 0. The molecule has 2 heterocycles. The van der Waals surface area contributed by atoms with Gasteiger partial charge < -0.3 is 15.2 Å². The largest absolute Gasteiger partial charge is 0.462 e. The molecule has 0 aliphatic carbocycles. The van der Waals surface area contributed by atoms with Crippen LogP contribution in [0.15, 0.2) is 35.7 Å². The Hall–Kier alpha value is -2.85. The van der Waals surface area contributed by atoms with E-state index in [0.29, 0.717) is 15.3 Å². The molecule has 2 aromatic rings. The number of thiophene rings is 1. The standard InChI is InChI=1S/C18H15FN2O3S/c1-3-23-18(22)13-9(2)25-16-14(10-6-4-5-7-12(10)19)11(8-20)17(21)24-15(13)16/h4-7,14H,3,21H2,1-2H3/t14-/m1/s1. The molecule has 5 nitrogen and oxygen atoms in total. The third-order valence-electron chi connectivity index (χ3n) is 3.91. The molecule has 1 aliphatic heterocycles. The molecule has 0 unspecified atom stereocenters. The maximum Gasteiger partial charge on any atom is 0.343 e. The molecule has 0 amide bonds. The summed E-state index contributed by atoms with van der Waals surface area (Å²) in [6.45, 7) is 3.67. The van der Waals surface area contributed by atoms with Crippen LogP contribution in [0.3, 0.4) is 0 Å². The molecule has 1 aliphatic rings. The van der Waals surface area contributed by atoms with Gasteiger partial charge in [-0.05, 0) is 19.9 Å². The topological polar surface area (TPSA) is 85.3 Å². The molecule has 3 rings (SSSR count). The van der Waals surface area contributed by atoms with Gasteiger partial charge in [-0.2, -0.15) is 5.26 Å². The minimum Gasteiger partial charge on any atom is -0.462 e. The molecule has 128 valence electrons. The van der Waals surface area contributed by atoms with Crippen LogP contribution in [0.4, 0.5) is 4.39 Å². The number of benzene rings is 1. The molecule has 0 spiro atoms. The van der Waals surface area contributed by atoms with Gasteiger partial charge in [0.05, 0.1) is 17.4 Å². The maximum atomic E-state index is 14.4. The molecule has 0 saturated heterocycles. The average Bonchev–Trinajstić information content (AvgIpc) is 2.90. The van der Waals surface area contributed by atoms with Gasteiger partial charge in [0.1, 0.15) is 23.0 Å². The van der Waals surface area contributed by atoms with E-state index in [4.69, 9.17) is 15.2 Å². The monoisotopic (exact) mass is 358 g/mol. The van der Waals surface area contributed by atoms with Gasteiger partial charge in [0.15, 0.2) is 5.75 Å². The second-order valence-corrected chi connectivity index (χ2v) is 6.65. The first-order chi connectivity index (χ1) is 12.0. The predicted octanol–water partition coefficient (Wildman–Crippen LogP) is 3.59. The van der Waals surface area contributed by atoms with E-state index in [1.807, 2.05) is 6.07 Å². The number of nitriles is 1. The van der Waals surface area contributed by atoms with Crippen LogP contribution in [0.1, 0.15) is 38.5 Å². The van der Waals surface area contributed by atoms with Crippen LogP contribution in [0.25, 0.3) is 0 Å². The van der Waals surface area contributed by atoms with Crippen molar-refractivity contribution in [2.24, 2.45) is 5.73 Å². The lowest BCUT2D eigenvalue weighted by Gasteiger charge is -2.24. The van der Waals surface area contributed by atoms with Crippen LogP contribution in [-0.4, -0.2) is 12.6 Å². The Balaban J connectivity index is 2.24. The molecule has 7 heteroatoms. The second kappa shape index (κ2) is 6.57. The summed E-state index contributed by atoms with van der Waals surface area (Å²) in [6, 6.07) is 8.18. The van der Waals surface area contributed by atoms with Gasteiger partial charge in [-0.3, -0.25) is 0 Å². The first-order valence-corrected chi connectivity index (χ1v) is 8.43. The SMILES string of the molecule is CCOC(=O)c1c(C)sc2c1OC(N)=C(C#N)[C@H]2c1ccccc1F. The third-order valence-corrected chi connectivity index (χ3v) is 5.06. The van der Waals surface area contributed by atoms with Gasteiger partial charge >= 0.3 is 5.97 Å². The second-order valence-electron chi connectivity index (χ2n) is 5.39. The maximum absolute atomic E-state index is 14.4. The molecular weight excluding hydrogens is 343 g/mol. The molecule has 1 aromatic carbocycles. The van der Waals surface area contributed by atoms with Crippen molar-refractivity contribution in [3.63, 3.8) is 0 Å². The Kier molecular flexibility index (Phi) is 4.47. The zero-order valence-electron chi connectivity index (χ0n) is 13.6. The number of halogens is 1. The van der Waals surface area contributed by atoms with E-state index in [0.717, 1.165) is 0 Å². The zero-order valence-corrected chi connectivity index (χ0v) is 14.4. The first kappa shape index (κ1) is 17.0. The summed E-state index contributed by atoms with van der Waals surface area (Å²) >= 11 is 1.27. The molecule has 0 bridgehead atoms. The molecule has 0 fully saturated rings. The van der Waals surface area contributed by atoms with Crippen molar-refractivity contribution >= 4 is 17.3 Å². The van der Waals surface area contributed by atoms with Gasteiger partial charge in [0.2, 0.25) is 5.88 Å². The first-order valence-electron chi connectivity index (χ1n) is 7.62.